The molecule has 134 valence electrons. The van der Waals surface area contributed by atoms with Crippen molar-refractivity contribution in [2.75, 3.05) is 0 Å². The highest BCUT2D eigenvalue weighted by Crippen LogP contribution is 2.47. The molecule has 0 atom stereocenters. The summed E-state index contributed by atoms with van der Waals surface area (Å²) in [5.74, 6) is 0. The average molecular weight is 344 g/mol. The zero-order valence-electron chi connectivity index (χ0n) is 16.7. The molecule has 0 saturated carbocycles. The van der Waals surface area contributed by atoms with Crippen LogP contribution in [0.3, 0.4) is 0 Å². The molecular formula is C25H29N. The van der Waals surface area contributed by atoms with Crippen LogP contribution in [-0.2, 0) is 17.3 Å². The van der Waals surface area contributed by atoms with Crippen molar-refractivity contribution in [2.45, 2.75) is 64.7 Å². The Morgan fingerprint density at radius 3 is 2.08 bits per heavy atom. The first-order valence-electron chi connectivity index (χ1n) is 9.47. The van der Waals surface area contributed by atoms with Gasteiger partial charge in [-0.1, -0.05) is 70.7 Å². The molecule has 1 heteroatoms. The number of hydrogen-bond acceptors (Lipinski definition) is 1. The van der Waals surface area contributed by atoms with E-state index in [1.807, 2.05) is 12.1 Å². The lowest BCUT2D eigenvalue weighted by Crippen LogP contribution is -2.34. The van der Waals surface area contributed by atoms with Crippen molar-refractivity contribution in [2.24, 2.45) is 0 Å². The van der Waals surface area contributed by atoms with Crippen LogP contribution in [0.2, 0.25) is 0 Å². The average Bonchev–Trinajstić information content (AvgIpc) is 2.59. The topological polar surface area (TPSA) is 23.8 Å². The molecule has 0 radical (unpaired) electrons. The molecule has 0 amide bonds. The van der Waals surface area contributed by atoms with Gasteiger partial charge in [-0.2, -0.15) is 5.26 Å². The highest BCUT2D eigenvalue weighted by atomic mass is 14.4. The number of fused-ring (bicyclic) bond motifs is 1. The molecule has 3 rings (SSSR count). The zero-order valence-corrected chi connectivity index (χ0v) is 16.7. The Bertz CT molecular complexity index is 889. The number of hydrogen-bond donors (Lipinski definition) is 0. The van der Waals surface area contributed by atoms with Gasteiger partial charge in [-0.25, -0.2) is 0 Å². The van der Waals surface area contributed by atoms with E-state index in [1.165, 1.54) is 35.1 Å². The van der Waals surface area contributed by atoms with E-state index in [-0.39, 0.29) is 10.8 Å². The number of nitrogens with zero attached hydrogens (tertiary/aromatic N) is 1. The lowest BCUT2D eigenvalue weighted by molar-refractivity contribution is 0.331. The van der Waals surface area contributed by atoms with Crippen LogP contribution in [0.4, 0.5) is 0 Å². The first-order valence-corrected chi connectivity index (χ1v) is 9.47. The van der Waals surface area contributed by atoms with Gasteiger partial charge in [0.2, 0.25) is 0 Å². The normalized spacial score (nSPS) is 17.2. The Labute approximate surface area is 158 Å². The number of benzene rings is 2. The first kappa shape index (κ1) is 18.5. The van der Waals surface area contributed by atoms with E-state index in [1.54, 1.807) is 0 Å². The number of nitriles is 1. The van der Waals surface area contributed by atoms with E-state index in [4.69, 9.17) is 5.26 Å². The van der Waals surface area contributed by atoms with Crippen LogP contribution in [0.1, 0.15) is 73.9 Å². The molecule has 0 fully saturated rings. The van der Waals surface area contributed by atoms with Gasteiger partial charge in [0.15, 0.2) is 0 Å². The van der Waals surface area contributed by atoms with E-state index in [0.29, 0.717) is 6.42 Å². The molecule has 0 unspecified atom stereocenters. The van der Waals surface area contributed by atoms with Crippen molar-refractivity contribution in [1.29, 1.82) is 5.26 Å². The Balaban J connectivity index is 2.06. The first-order chi connectivity index (χ1) is 12.2. The van der Waals surface area contributed by atoms with Gasteiger partial charge in [0.1, 0.15) is 0 Å². The fraction of sp³-hybridized carbons (Fsp3) is 0.400. The third-order valence-corrected chi connectivity index (χ3v) is 6.11. The zero-order chi connectivity index (χ0) is 19.1. The van der Waals surface area contributed by atoms with E-state index in [9.17, 15) is 0 Å². The van der Waals surface area contributed by atoms with Crippen molar-refractivity contribution in [3.63, 3.8) is 0 Å². The van der Waals surface area contributed by atoms with Crippen LogP contribution in [0.5, 0.6) is 0 Å². The van der Waals surface area contributed by atoms with Crippen LogP contribution in [-0.4, -0.2) is 0 Å². The second kappa shape index (κ2) is 6.44. The minimum Gasteiger partial charge on any atom is -0.198 e. The molecule has 0 aliphatic heterocycles. The van der Waals surface area contributed by atoms with E-state index in [2.05, 4.69) is 71.5 Å². The third-order valence-electron chi connectivity index (χ3n) is 6.11. The van der Waals surface area contributed by atoms with Crippen molar-refractivity contribution in [1.82, 2.24) is 0 Å². The molecule has 0 heterocycles. The summed E-state index contributed by atoms with van der Waals surface area (Å²) in [6, 6.07) is 15.2. The molecule has 0 N–H and O–H groups in total. The lowest BCUT2D eigenvalue weighted by atomic mass is 9.62. The van der Waals surface area contributed by atoms with Crippen molar-refractivity contribution in [3.05, 3.63) is 76.4 Å². The van der Waals surface area contributed by atoms with Crippen LogP contribution in [0, 0.1) is 18.3 Å². The second-order valence-electron chi connectivity index (χ2n) is 8.99. The van der Waals surface area contributed by atoms with Crippen LogP contribution in [0.15, 0.2) is 43.0 Å². The predicted octanol–water partition coefficient (Wildman–Crippen LogP) is 6.47. The van der Waals surface area contributed by atoms with Crippen molar-refractivity contribution >= 4 is 5.57 Å². The summed E-state index contributed by atoms with van der Waals surface area (Å²) in [7, 11) is 0. The minimum atomic E-state index is 0.199. The van der Waals surface area contributed by atoms with Crippen LogP contribution < -0.4 is 0 Å². The Morgan fingerprint density at radius 1 is 1.00 bits per heavy atom. The summed E-state index contributed by atoms with van der Waals surface area (Å²) >= 11 is 0. The SMILES string of the molecule is C=C(c1ccc(CC#N)cc1)c1cc2c(cc1C)C(C)(C)CCC2(C)C. The van der Waals surface area contributed by atoms with E-state index >= 15 is 0 Å². The van der Waals surface area contributed by atoms with Crippen LogP contribution in [0.25, 0.3) is 5.57 Å². The standard InChI is InChI=1S/C25H29N/c1-17-15-22-23(25(5,6)13-12-24(22,3)4)16-21(17)18(2)20-9-7-19(8-10-20)11-14-26/h7-10,15-16H,2,11-13H2,1,3-6H3. The van der Waals surface area contributed by atoms with Crippen molar-refractivity contribution < 1.29 is 0 Å². The fourth-order valence-corrected chi connectivity index (χ4v) is 4.12. The number of rotatable bonds is 3. The maximum Gasteiger partial charge on any atom is 0.0669 e. The molecule has 0 spiro atoms. The molecule has 1 aliphatic rings. The number of aryl methyl sites for hydroxylation is 1. The summed E-state index contributed by atoms with van der Waals surface area (Å²) in [6.45, 7) is 16.0. The smallest absolute Gasteiger partial charge is 0.0669 e. The molecule has 0 aromatic heterocycles. The summed E-state index contributed by atoms with van der Waals surface area (Å²) in [5.41, 5.74) is 9.16. The molecule has 2 aromatic rings. The maximum atomic E-state index is 8.85. The Morgan fingerprint density at radius 2 is 1.54 bits per heavy atom. The van der Waals surface area contributed by atoms with E-state index in [0.717, 1.165) is 16.7 Å². The monoisotopic (exact) mass is 343 g/mol. The van der Waals surface area contributed by atoms with Gasteiger partial charge in [-0.3, -0.25) is 0 Å². The van der Waals surface area contributed by atoms with Gasteiger partial charge in [-0.05, 0) is 69.5 Å². The van der Waals surface area contributed by atoms with Gasteiger partial charge in [0.25, 0.3) is 0 Å². The Kier molecular flexibility index (Phi) is 4.57. The Hall–Kier alpha value is -2.33. The second-order valence-corrected chi connectivity index (χ2v) is 8.99. The minimum absolute atomic E-state index is 0.199. The highest BCUT2D eigenvalue weighted by Gasteiger charge is 2.37. The van der Waals surface area contributed by atoms with Crippen molar-refractivity contribution in [3.8, 4) is 6.07 Å². The maximum absolute atomic E-state index is 8.85. The quantitative estimate of drug-likeness (QED) is 0.626. The lowest BCUT2D eigenvalue weighted by Gasteiger charge is -2.42. The van der Waals surface area contributed by atoms with E-state index < -0.39 is 0 Å². The summed E-state index contributed by atoms with van der Waals surface area (Å²) in [6.07, 6.45) is 2.89. The van der Waals surface area contributed by atoms with Gasteiger partial charge in [0, 0.05) is 0 Å². The summed E-state index contributed by atoms with van der Waals surface area (Å²) < 4.78 is 0. The highest BCUT2D eigenvalue weighted by molar-refractivity contribution is 5.80. The summed E-state index contributed by atoms with van der Waals surface area (Å²) in [5, 5.41) is 8.85. The molecule has 2 aromatic carbocycles. The molecule has 1 nitrogen and oxygen atoms in total. The molecule has 0 saturated heterocycles. The van der Waals surface area contributed by atoms with Gasteiger partial charge in [-0.15, -0.1) is 0 Å². The largest absolute Gasteiger partial charge is 0.198 e. The molecule has 0 bridgehead atoms. The van der Waals surface area contributed by atoms with Gasteiger partial charge >= 0.3 is 0 Å². The fourth-order valence-electron chi connectivity index (χ4n) is 4.12. The molecule has 26 heavy (non-hydrogen) atoms. The predicted molar refractivity (Wildman–Crippen MR) is 110 cm³/mol. The van der Waals surface area contributed by atoms with Gasteiger partial charge < -0.3 is 0 Å². The summed E-state index contributed by atoms with van der Waals surface area (Å²) in [4.78, 5) is 0. The van der Waals surface area contributed by atoms with Gasteiger partial charge in [0.05, 0.1) is 12.5 Å². The van der Waals surface area contributed by atoms with Crippen LogP contribution >= 0.6 is 0 Å². The molecular weight excluding hydrogens is 314 g/mol. The molecule has 1 aliphatic carbocycles. The third kappa shape index (κ3) is 3.21.